The van der Waals surface area contributed by atoms with Crippen LogP contribution in [0.3, 0.4) is 0 Å². The molecule has 0 radical (unpaired) electrons. The minimum Gasteiger partial charge on any atom is -0.491 e. The standard InChI is InChI=1S/C19H28N2O3/c22-9-10-24-19-4-2-1-3-16(19)11-20-7-8-21-17(12-20)13-23-14-18(21)15-5-6-15/h1-4,15,17-18,22H,5-14H2/t17-,18-/m1/s1. The van der Waals surface area contributed by atoms with E-state index in [0.29, 0.717) is 18.7 Å². The molecule has 24 heavy (non-hydrogen) atoms. The molecular formula is C19H28N2O3. The Balaban J connectivity index is 1.38. The van der Waals surface area contributed by atoms with Crippen molar-refractivity contribution in [2.75, 3.05) is 46.1 Å². The third-order valence-electron chi connectivity index (χ3n) is 5.52. The second-order valence-corrected chi connectivity index (χ2v) is 7.25. The van der Waals surface area contributed by atoms with Gasteiger partial charge >= 0.3 is 0 Å². The van der Waals surface area contributed by atoms with Crippen LogP contribution in [0.2, 0.25) is 0 Å². The molecule has 2 atom stereocenters. The van der Waals surface area contributed by atoms with Crippen molar-refractivity contribution in [1.82, 2.24) is 9.80 Å². The van der Waals surface area contributed by atoms with Gasteiger partial charge in [0.15, 0.2) is 0 Å². The molecule has 3 aliphatic rings. The monoisotopic (exact) mass is 332 g/mol. The average Bonchev–Trinajstić information content (AvgIpc) is 3.45. The van der Waals surface area contributed by atoms with E-state index in [1.54, 1.807) is 0 Å². The number of hydrogen-bond donors (Lipinski definition) is 1. The summed E-state index contributed by atoms with van der Waals surface area (Å²) in [6, 6.07) is 9.36. The van der Waals surface area contributed by atoms with E-state index in [4.69, 9.17) is 14.6 Å². The largest absolute Gasteiger partial charge is 0.491 e. The highest BCUT2D eigenvalue weighted by atomic mass is 16.5. The lowest BCUT2D eigenvalue weighted by atomic mass is 10.0. The van der Waals surface area contributed by atoms with E-state index in [-0.39, 0.29) is 6.61 Å². The summed E-state index contributed by atoms with van der Waals surface area (Å²) in [7, 11) is 0. The van der Waals surface area contributed by atoms with Crippen molar-refractivity contribution in [2.24, 2.45) is 5.92 Å². The van der Waals surface area contributed by atoms with Crippen LogP contribution >= 0.6 is 0 Å². The number of aliphatic hydroxyl groups excluding tert-OH is 1. The Hall–Kier alpha value is -1.14. The van der Waals surface area contributed by atoms with Gasteiger partial charge in [0, 0.05) is 43.8 Å². The molecular weight excluding hydrogens is 304 g/mol. The maximum atomic E-state index is 8.99. The molecule has 0 aromatic heterocycles. The van der Waals surface area contributed by atoms with Crippen molar-refractivity contribution >= 4 is 0 Å². The van der Waals surface area contributed by atoms with Gasteiger partial charge in [-0.15, -0.1) is 0 Å². The summed E-state index contributed by atoms with van der Waals surface area (Å²) in [4.78, 5) is 5.23. The number of rotatable bonds is 6. The molecule has 0 amide bonds. The highest BCUT2D eigenvalue weighted by Gasteiger charge is 2.42. The van der Waals surface area contributed by atoms with Gasteiger partial charge in [-0.2, -0.15) is 0 Å². The maximum Gasteiger partial charge on any atom is 0.123 e. The molecule has 132 valence electrons. The van der Waals surface area contributed by atoms with Gasteiger partial charge in [-0.25, -0.2) is 0 Å². The highest BCUT2D eigenvalue weighted by molar-refractivity contribution is 5.33. The SMILES string of the molecule is OCCOc1ccccc1CN1CCN2[C@@H](COC[C@@H]2C2CC2)C1. The highest BCUT2D eigenvalue weighted by Crippen LogP contribution is 2.38. The van der Waals surface area contributed by atoms with Crippen LogP contribution in [0.25, 0.3) is 0 Å². The van der Waals surface area contributed by atoms with Gasteiger partial charge in [0.25, 0.3) is 0 Å². The lowest BCUT2D eigenvalue weighted by Gasteiger charge is -2.48. The summed E-state index contributed by atoms with van der Waals surface area (Å²) in [6.45, 7) is 6.42. The quantitative estimate of drug-likeness (QED) is 0.852. The fourth-order valence-electron chi connectivity index (χ4n) is 4.14. The van der Waals surface area contributed by atoms with Crippen LogP contribution in [0.4, 0.5) is 0 Å². The smallest absolute Gasteiger partial charge is 0.123 e. The summed E-state index contributed by atoms with van der Waals surface area (Å²) in [5, 5.41) is 8.99. The minimum absolute atomic E-state index is 0.0506. The average molecular weight is 332 g/mol. The Labute approximate surface area is 144 Å². The van der Waals surface area contributed by atoms with E-state index in [1.165, 1.54) is 18.4 Å². The van der Waals surface area contributed by atoms with Gasteiger partial charge in [-0.1, -0.05) is 18.2 Å². The minimum atomic E-state index is 0.0506. The summed E-state index contributed by atoms with van der Waals surface area (Å²) >= 11 is 0. The molecule has 4 rings (SSSR count). The zero-order chi connectivity index (χ0) is 16.4. The van der Waals surface area contributed by atoms with Crippen molar-refractivity contribution < 1.29 is 14.6 Å². The number of hydrogen-bond acceptors (Lipinski definition) is 5. The molecule has 1 saturated carbocycles. The summed E-state index contributed by atoms with van der Waals surface area (Å²) in [5.41, 5.74) is 1.20. The molecule has 3 fully saturated rings. The number of ether oxygens (including phenoxy) is 2. The number of morpholine rings is 1. The molecule has 5 nitrogen and oxygen atoms in total. The van der Waals surface area contributed by atoms with Gasteiger partial charge in [0.2, 0.25) is 0 Å². The van der Waals surface area contributed by atoms with Crippen LogP contribution in [0.5, 0.6) is 5.75 Å². The summed E-state index contributed by atoms with van der Waals surface area (Å²) in [6.07, 6.45) is 2.77. The van der Waals surface area contributed by atoms with E-state index >= 15 is 0 Å². The van der Waals surface area contributed by atoms with Gasteiger partial charge in [-0.05, 0) is 24.8 Å². The molecule has 2 heterocycles. The van der Waals surface area contributed by atoms with Gasteiger partial charge in [-0.3, -0.25) is 9.80 Å². The fourth-order valence-corrected chi connectivity index (χ4v) is 4.14. The van der Waals surface area contributed by atoms with Crippen LogP contribution in [-0.4, -0.2) is 73.1 Å². The molecule has 1 aromatic carbocycles. The third kappa shape index (κ3) is 3.59. The second kappa shape index (κ2) is 7.40. The van der Waals surface area contributed by atoms with Gasteiger partial charge in [0.05, 0.1) is 19.8 Å². The van der Waals surface area contributed by atoms with E-state index in [2.05, 4.69) is 21.9 Å². The molecule has 2 aliphatic heterocycles. The number of para-hydroxylation sites is 1. The maximum absolute atomic E-state index is 8.99. The second-order valence-electron chi connectivity index (χ2n) is 7.25. The number of benzene rings is 1. The van der Waals surface area contributed by atoms with E-state index < -0.39 is 0 Å². The number of fused-ring (bicyclic) bond motifs is 1. The first-order valence-corrected chi connectivity index (χ1v) is 9.22. The molecule has 1 aromatic rings. The van der Waals surface area contributed by atoms with Crippen molar-refractivity contribution in [3.8, 4) is 5.75 Å². The lowest BCUT2D eigenvalue weighted by Crippen LogP contribution is -2.62. The van der Waals surface area contributed by atoms with Crippen LogP contribution in [0.1, 0.15) is 18.4 Å². The zero-order valence-corrected chi connectivity index (χ0v) is 14.3. The van der Waals surface area contributed by atoms with Gasteiger partial charge < -0.3 is 14.6 Å². The predicted molar refractivity (Wildman–Crippen MR) is 92.1 cm³/mol. The Morgan fingerprint density at radius 3 is 2.88 bits per heavy atom. The fraction of sp³-hybridized carbons (Fsp3) is 0.684. The molecule has 1 N–H and O–H groups in total. The zero-order valence-electron chi connectivity index (χ0n) is 14.3. The number of nitrogens with zero attached hydrogens (tertiary/aromatic N) is 2. The first kappa shape index (κ1) is 16.3. The summed E-state index contributed by atoms with van der Waals surface area (Å²) < 4.78 is 11.6. The van der Waals surface area contributed by atoms with E-state index in [1.807, 2.05) is 12.1 Å². The Morgan fingerprint density at radius 1 is 1.17 bits per heavy atom. The predicted octanol–water partition coefficient (Wildman–Crippen LogP) is 1.35. The van der Waals surface area contributed by atoms with Crippen LogP contribution in [0, 0.1) is 5.92 Å². The van der Waals surface area contributed by atoms with Crippen LogP contribution in [0.15, 0.2) is 24.3 Å². The number of aliphatic hydroxyl groups is 1. The molecule has 0 bridgehead atoms. The number of piperazine rings is 1. The lowest BCUT2D eigenvalue weighted by molar-refractivity contribution is -0.0880. The van der Waals surface area contributed by atoms with E-state index in [9.17, 15) is 0 Å². The third-order valence-corrected chi connectivity index (χ3v) is 5.52. The summed E-state index contributed by atoms with van der Waals surface area (Å²) in [5.74, 6) is 1.77. The Kier molecular flexibility index (Phi) is 5.03. The normalized spacial score (nSPS) is 28.5. The van der Waals surface area contributed by atoms with Crippen molar-refractivity contribution in [3.05, 3.63) is 29.8 Å². The molecule has 1 aliphatic carbocycles. The van der Waals surface area contributed by atoms with Crippen molar-refractivity contribution in [2.45, 2.75) is 31.5 Å². The topological polar surface area (TPSA) is 45.2 Å². The van der Waals surface area contributed by atoms with Crippen LogP contribution < -0.4 is 4.74 Å². The molecule has 2 saturated heterocycles. The van der Waals surface area contributed by atoms with E-state index in [0.717, 1.165) is 51.1 Å². The first-order chi connectivity index (χ1) is 11.8. The van der Waals surface area contributed by atoms with Crippen molar-refractivity contribution in [1.29, 1.82) is 0 Å². The Bertz CT molecular complexity index is 549. The molecule has 5 heteroatoms. The van der Waals surface area contributed by atoms with Gasteiger partial charge in [0.1, 0.15) is 12.4 Å². The molecule has 0 spiro atoms. The first-order valence-electron chi connectivity index (χ1n) is 9.22. The van der Waals surface area contributed by atoms with Crippen molar-refractivity contribution in [3.63, 3.8) is 0 Å². The van der Waals surface area contributed by atoms with Crippen LogP contribution in [-0.2, 0) is 11.3 Å². The Morgan fingerprint density at radius 2 is 2.04 bits per heavy atom. The molecule has 0 unspecified atom stereocenters.